The van der Waals surface area contributed by atoms with Gasteiger partial charge in [0.15, 0.2) is 0 Å². The fourth-order valence-electron chi connectivity index (χ4n) is 5.36. The van der Waals surface area contributed by atoms with Crippen molar-refractivity contribution >= 4 is 29.0 Å². The van der Waals surface area contributed by atoms with Gasteiger partial charge in [-0.3, -0.25) is 9.69 Å². The first-order valence-corrected chi connectivity index (χ1v) is 12.1. The van der Waals surface area contributed by atoms with Gasteiger partial charge < -0.3 is 0 Å². The summed E-state index contributed by atoms with van der Waals surface area (Å²) in [5.41, 5.74) is 3.98. The average molecular weight is 445 g/mol. The van der Waals surface area contributed by atoms with E-state index < -0.39 is 0 Å². The molecule has 1 amide bonds. The van der Waals surface area contributed by atoms with Crippen molar-refractivity contribution < 1.29 is 4.79 Å². The molecule has 32 heavy (non-hydrogen) atoms. The smallest absolute Gasteiger partial charge is 0.244 e. The summed E-state index contributed by atoms with van der Waals surface area (Å²) < 4.78 is 0. The van der Waals surface area contributed by atoms with Crippen LogP contribution in [0.15, 0.2) is 65.8 Å². The van der Waals surface area contributed by atoms with Crippen molar-refractivity contribution in [2.24, 2.45) is 5.41 Å². The van der Waals surface area contributed by atoms with Gasteiger partial charge in [0.2, 0.25) is 11.1 Å². The van der Waals surface area contributed by atoms with Crippen LogP contribution >= 0.6 is 11.8 Å². The molecule has 2 bridgehead atoms. The second kappa shape index (κ2) is 7.69. The lowest BCUT2D eigenvalue weighted by Crippen LogP contribution is -2.33. The molecule has 3 aromatic rings. The SMILES string of the molecule is C[C@H](Sc1nnc2c(n1)[C@]1(C)CC[C@@H]2C1(C)C)C(=O)N(c1ccccc1)c1ccccc1. The molecule has 1 saturated carbocycles. The lowest BCUT2D eigenvalue weighted by atomic mass is 9.70. The number of fused-ring (bicyclic) bond motifs is 5. The Bertz CT molecular complexity index is 1110. The summed E-state index contributed by atoms with van der Waals surface area (Å²) in [4.78, 5) is 20.3. The quantitative estimate of drug-likeness (QED) is 0.459. The Labute approximate surface area is 193 Å². The molecule has 0 spiro atoms. The minimum absolute atomic E-state index is 0.00967. The lowest BCUT2D eigenvalue weighted by Gasteiger charge is -2.34. The van der Waals surface area contributed by atoms with E-state index in [1.54, 1.807) is 4.90 Å². The number of carbonyl (C=O) groups excluding carboxylic acids is 1. The van der Waals surface area contributed by atoms with Crippen molar-refractivity contribution in [3.63, 3.8) is 0 Å². The van der Waals surface area contributed by atoms with E-state index in [4.69, 9.17) is 4.98 Å². The highest BCUT2D eigenvalue weighted by Gasteiger charge is 2.61. The van der Waals surface area contributed by atoms with Gasteiger partial charge in [-0.2, -0.15) is 5.10 Å². The van der Waals surface area contributed by atoms with Crippen LogP contribution in [0.25, 0.3) is 0 Å². The largest absolute Gasteiger partial charge is 0.280 e. The second-order valence-corrected chi connectivity index (χ2v) is 10.9. The number of hydrogen-bond acceptors (Lipinski definition) is 5. The maximum absolute atomic E-state index is 13.6. The van der Waals surface area contributed by atoms with Crippen molar-refractivity contribution in [2.45, 2.75) is 62.3 Å². The number of benzene rings is 2. The molecule has 0 unspecified atom stereocenters. The van der Waals surface area contributed by atoms with Crippen LogP contribution in [0, 0.1) is 5.41 Å². The van der Waals surface area contributed by atoms with Gasteiger partial charge in [0, 0.05) is 22.7 Å². The second-order valence-electron chi connectivity index (χ2n) is 9.58. The molecule has 3 atom stereocenters. The van der Waals surface area contributed by atoms with Crippen molar-refractivity contribution in [1.29, 1.82) is 0 Å². The van der Waals surface area contributed by atoms with Gasteiger partial charge in [-0.05, 0) is 49.4 Å². The Morgan fingerprint density at radius 1 is 1.00 bits per heavy atom. The summed E-state index contributed by atoms with van der Waals surface area (Å²) in [6.07, 6.45) is 2.28. The Morgan fingerprint density at radius 2 is 1.59 bits per heavy atom. The first kappa shape index (κ1) is 21.1. The number of thioether (sulfide) groups is 1. The predicted octanol–water partition coefficient (Wildman–Crippen LogP) is 5.89. The normalized spacial score (nSPS) is 23.6. The van der Waals surface area contributed by atoms with Crippen LogP contribution in [0.5, 0.6) is 0 Å². The highest BCUT2D eigenvalue weighted by atomic mass is 32.2. The van der Waals surface area contributed by atoms with Crippen molar-refractivity contribution in [1.82, 2.24) is 15.2 Å². The summed E-state index contributed by atoms with van der Waals surface area (Å²) >= 11 is 1.39. The topological polar surface area (TPSA) is 59.0 Å². The van der Waals surface area contributed by atoms with E-state index in [1.807, 2.05) is 67.6 Å². The minimum Gasteiger partial charge on any atom is -0.280 e. The zero-order chi connectivity index (χ0) is 22.5. The van der Waals surface area contributed by atoms with E-state index in [2.05, 4.69) is 31.0 Å². The minimum atomic E-state index is -0.366. The third-order valence-electron chi connectivity index (χ3n) is 7.65. The van der Waals surface area contributed by atoms with Crippen LogP contribution in [0.3, 0.4) is 0 Å². The molecule has 1 aromatic heterocycles. The molecule has 164 valence electrons. The molecule has 1 fully saturated rings. The zero-order valence-electron chi connectivity index (χ0n) is 18.9. The summed E-state index contributed by atoms with van der Waals surface area (Å²) in [5.74, 6) is 0.414. The van der Waals surface area contributed by atoms with E-state index in [0.717, 1.165) is 35.6 Å². The highest BCUT2D eigenvalue weighted by molar-refractivity contribution is 8.00. The Kier molecular flexibility index (Phi) is 5.08. The molecule has 6 heteroatoms. The van der Waals surface area contributed by atoms with Crippen LogP contribution in [0.2, 0.25) is 0 Å². The molecule has 5 rings (SSSR count). The van der Waals surface area contributed by atoms with Gasteiger partial charge in [0.05, 0.1) is 16.6 Å². The Morgan fingerprint density at radius 3 is 2.19 bits per heavy atom. The molecule has 0 radical (unpaired) electrons. The van der Waals surface area contributed by atoms with Gasteiger partial charge in [-0.25, -0.2) is 4.98 Å². The van der Waals surface area contributed by atoms with Crippen LogP contribution in [0.1, 0.15) is 57.8 Å². The molecule has 0 saturated heterocycles. The number of amides is 1. The molecule has 1 heterocycles. The monoisotopic (exact) mass is 444 g/mol. The van der Waals surface area contributed by atoms with Gasteiger partial charge in [-0.15, -0.1) is 5.10 Å². The van der Waals surface area contributed by atoms with Crippen molar-refractivity contribution in [2.75, 3.05) is 4.90 Å². The average Bonchev–Trinajstić information content (AvgIpc) is 3.13. The maximum atomic E-state index is 13.6. The lowest BCUT2D eigenvalue weighted by molar-refractivity contribution is -0.117. The van der Waals surface area contributed by atoms with Gasteiger partial charge in [0.1, 0.15) is 0 Å². The number of hydrogen-bond donors (Lipinski definition) is 0. The summed E-state index contributed by atoms with van der Waals surface area (Å²) in [5, 5.41) is 9.24. The fourth-order valence-corrected chi connectivity index (χ4v) is 6.12. The van der Waals surface area contributed by atoms with Crippen LogP contribution in [-0.2, 0) is 10.2 Å². The summed E-state index contributed by atoms with van der Waals surface area (Å²) in [6, 6.07) is 19.5. The molecule has 5 nitrogen and oxygen atoms in total. The number of rotatable bonds is 5. The molecule has 2 aromatic carbocycles. The van der Waals surface area contributed by atoms with Crippen molar-refractivity contribution in [3.05, 3.63) is 72.1 Å². The molecule has 0 N–H and O–H groups in total. The van der Waals surface area contributed by atoms with E-state index >= 15 is 0 Å². The van der Waals surface area contributed by atoms with Crippen LogP contribution in [-0.4, -0.2) is 26.3 Å². The number of aromatic nitrogens is 3. The number of carbonyl (C=O) groups is 1. The van der Waals surface area contributed by atoms with Gasteiger partial charge in [-0.1, -0.05) is 68.9 Å². The first-order valence-electron chi connectivity index (χ1n) is 11.2. The molecule has 0 aliphatic heterocycles. The van der Waals surface area contributed by atoms with E-state index in [1.165, 1.54) is 11.8 Å². The molecular formula is C26H28N4OS. The number of para-hydroxylation sites is 2. The zero-order valence-corrected chi connectivity index (χ0v) is 19.8. The number of nitrogens with zero attached hydrogens (tertiary/aromatic N) is 4. The Hall–Kier alpha value is -2.73. The highest BCUT2D eigenvalue weighted by Crippen LogP contribution is 2.66. The third-order valence-corrected chi connectivity index (χ3v) is 8.59. The van der Waals surface area contributed by atoms with Gasteiger partial charge in [0.25, 0.3) is 0 Å². The molecular weight excluding hydrogens is 416 g/mol. The fraction of sp³-hybridized carbons (Fsp3) is 0.385. The molecule has 2 aliphatic rings. The van der Waals surface area contributed by atoms with Gasteiger partial charge >= 0.3 is 0 Å². The summed E-state index contributed by atoms with van der Waals surface area (Å²) in [7, 11) is 0. The van der Waals surface area contributed by atoms with E-state index in [-0.39, 0.29) is 22.0 Å². The van der Waals surface area contributed by atoms with E-state index in [9.17, 15) is 4.79 Å². The van der Waals surface area contributed by atoms with Crippen LogP contribution in [0.4, 0.5) is 11.4 Å². The standard InChI is InChI=1S/C26H28N4OS/c1-17(23(31)30(18-11-7-5-8-12-18)19-13-9-6-10-14-19)32-24-27-22-21(28-29-24)20-15-16-26(22,4)25(20,2)3/h5-14,17,20H,15-16H2,1-4H3/t17-,20-,26-/m0/s1. The number of anilines is 2. The third kappa shape index (κ3) is 3.15. The van der Waals surface area contributed by atoms with E-state index in [0.29, 0.717) is 11.1 Å². The first-order chi connectivity index (χ1) is 15.3. The predicted molar refractivity (Wildman–Crippen MR) is 128 cm³/mol. The maximum Gasteiger partial charge on any atom is 0.244 e. The van der Waals surface area contributed by atoms with Crippen LogP contribution < -0.4 is 4.90 Å². The van der Waals surface area contributed by atoms with Crippen molar-refractivity contribution in [3.8, 4) is 0 Å². The Balaban J connectivity index is 1.43. The summed E-state index contributed by atoms with van der Waals surface area (Å²) in [6.45, 7) is 8.87. The molecule has 2 aliphatic carbocycles.